The Kier molecular flexibility index (Phi) is 5.22. The van der Waals surface area contributed by atoms with Crippen LogP contribution < -0.4 is 5.32 Å². The molecule has 1 aromatic rings. The first-order chi connectivity index (χ1) is 9.20. The van der Waals surface area contributed by atoms with Gasteiger partial charge < -0.3 is 10.4 Å². The van der Waals surface area contributed by atoms with Crippen LogP contribution >= 0.6 is 11.8 Å². The summed E-state index contributed by atoms with van der Waals surface area (Å²) in [4.78, 5) is 16.4. The minimum absolute atomic E-state index is 0.114. The van der Waals surface area contributed by atoms with Crippen molar-refractivity contribution in [3.05, 3.63) is 23.9 Å². The molecule has 1 amide bonds. The summed E-state index contributed by atoms with van der Waals surface area (Å²) in [6.45, 7) is 2.05. The van der Waals surface area contributed by atoms with Gasteiger partial charge in [0.25, 0.3) is 5.91 Å². The molecule has 1 aliphatic rings. The lowest BCUT2D eigenvalue weighted by Crippen LogP contribution is -2.45. The molecule has 1 aliphatic carbocycles. The second-order valence-corrected chi connectivity index (χ2v) is 6.03. The first-order valence-corrected chi connectivity index (χ1v) is 7.77. The molecule has 1 saturated carbocycles. The summed E-state index contributed by atoms with van der Waals surface area (Å²) in [5.41, 5.74) is 0.615. The summed E-state index contributed by atoms with van der Waals surface area (Å²) in [5, 5.41) is 13.7. The van der Waals surface area contributed by atoms with E-state index in [4.69, 9.17) is 0 Å². The SMILES string of the molecule is CCSc1cc(C(=O)NC2CCCCC2O)ccn1. The first kappa shape index (κ1) is 14.3. The van der Waals surface area contributed by atoms with E-state index in [1.54, 1.807) is 30.1 Å². The lowest BCUT2D eigenvalue weighted by Gasteiger charge is -2.28. The maximum Gasteiger partial charge on any atom is 0.251 e. The molecule has 2 rings (SSSR count). The molecular weight excluding hydrogens is 260 g/mol. The van der Waals surface area contributed by atoms with Gasteiger partial charge in [-0.1, -0.05) is 19.8 Å². The monoisotopic (exact) mass is 280 g/mol. The van der Waals surface area contributed by atoms with Crippen LogP contribution in [0.3, 0.4) is 0 Å². The maximum atomic E-state index is 12.2. The average molecular weight is 280 g/mol. The second-order valence-electron chi connectivity index (χ2n) is 4.75. The number of nitrogens with one attached hydrogen (secondary N) is 1. The molecule has 2 atom stereocenters. The van der Waals surface area contributed by atoms with Crippen molar-refractivity contribution in [1.29, 1.82) is 0 Å². The number of amides is 1. The van der Waals surface area contributed by atoms with Crippen LogP contribution in [0.25, 0.3) is 0 Å². The minimum atomic E-state index is -0.413. The van der Waals surface area contributed by atoms with Crippen LogP contribution in [0.5, 0.6) is 0 Å². The van der Waals surface area contributed by atoms with Gasteiger partial charge >= 0.3 is 0 Å². The zero-order chi connectivity index (χ0) is 13.7. The van der Waals surface area contributed by atoms with Crippen molar-refractivity contribution in [1.82, 2.24) is 10.3 Å². The lowest BCUT2D eigenvalue weighted by molar-refractivity contribution is 0.0717. The molecule has 0 aliphatic heterocycles. The molecule has 1 aromatic heterocycles. The molecule has 2 N–H and O–H groups in total. The van der Waals surface area contributed by atoms with Crippen molar-refractivity contribution in [2.75, 3.05) is 5.75 Å². The van der Waals surface area contributed by atoms with E-state index in [0.29, 0.717) is 5.56 Å². The molecule has 0 radical (unpaired) electrons. The van der Waals surface area contributed by atoms with Crippen LogP contribution in [0, 0.1) is 0 Å². The summed E-state index contributed by atoms with van der Waals surface area (Å²) in [6, 6.07) is 3.40. The standard InChI is InChI=1S/C14H20N2O2S/c1-2-19-13-9-10(7-8-15-13)14(18)16-11-5-3-4-6-12(11)17/h7-9,11-12,17H,2-6H2,1H3,(H,16,18). The lowest BCUT2D eigenvalue weighted by atomic mass is 9.92. The molecule has 0 aromatic carbocycles. The van der Waals surface area contributed by atoms with E-state index in [2.05, 4.69) is 17.2 Å². The molecule has 5 heteroatoms. The quantitative estimate of drug-likeness (QED) is 0.830. The van der Waals surface area contributed by atoms with Gasteiger partial charge in [0.1, 0.15) is 0 Å². The second kappa shape index (κ2) is 6.91. The first-order valence-electron chi connectivity index (χ1n) is 6.78. The Bertz CT molecular complexity index is 439. The summed E-state index contributed by atoms with van der Waals surface area (Å²) >= 11 is 1.61. The van der Waals surface area contributed by atoms with Gasteiger partial charge in [-0.05, 0) is 30.7 Å². The van der Waals surface area contributed by atoms with Gasteiger partial charge in [0.15, 0.2) is 0 Å². The van der Waals surface area contributed by atoms with Gasteiger partial charge in [-0.25, -0.2) is 4.98 Å². The van der Waals surface area contributed by atoms with Crippen LogP contribution in [0.4, 0.5) is 0 Å². The number of hydrogen-bond acceptors (Lipinski definition) is 4. The van der Waals surface area contributed by atoms with E-state index < -0.39 is 6.10 Å². The molecule has 104 valence electrons. The molecule has 0 spiro atoms. The number of thioether (sulfide) groups is 1. The number of carbonyl (C=O) groups excluding carboxylic acids is 1. The maximum absolute atomic E-state index is 12.2. The number of rotatable bonds is 4. The Balaban J connectivity index is 2.00. The number of carbonyl (C=O) groups is 1. The van der Waals surface area contributed by atoms with Crippen molar-refractivity contribution >= 4 is 17.7 Å². The van der Waals surface area contributed by atoms with E-state index in [1.165, 1.54) is 0 Å². The van der Waals surface area contributed by atoms with E-state index in [0.717, 1.165) is 36.5 Å². The molecule has 4 nitrogen and oxygen atoms in total. The number of aromatic nitrogens is 1. The summed E-state index contributed by atoms with van der Waals surface area (Å²) in [7, 11) is 0. The molecular formula is C14H20N2O2S. The third-order valence-corrected chi connectivity index (χ3v) is 4.14. The number of pyridine rings is 1. The Morgan fingerprint density at radius 3 is 3.05 bits per heavy atom. The van der Waals surface area contributed by atoms with Crippen molar-refractivity contribution in [2.45, 2.75) is 49.8 Å². The van der Waals surface area contributed by atoms with E-state index in [9.17, 15) is 9.90 Å². The van der Waals surface area contributed by atoms with E-state index in [-0.39, 0.29) is 11.9 Å². The van der Waals surface area contributed by atoms with E-state index in [1.807, 2.05) is 0 Å². The molecule has 2 unspecified atom stereocenters. The van der Waals surface area contributed by atoms with Crippen molar-refractivity contribution < 1.29 is 9.90 Å². The van der Waals surface area contributed by atoms with Gasteiger partial charge in [0.05, 0.1) is 17.2 Å². The van der Waals surface area contributed by atoms with Crippen LogP contribution in [-0.4, -0.2) is 33.9 Å². The van der Waals surface area contributed by atoms with Gasteiger partial charge in [-0.3, -0.25) is 4.79 Å². The van der Waals surface area contributed by atoms with Gasteiger partial charge in [-0.15, -0.1) is 11.8 Å². The third kappa shape index (κ3) is 3.94. The summed E-state index contributed by atoms with van der Waals surface area (Å²) < 4.78 is 0. The van der Waals surface area contributed by atoms with Crippen LogP contribution in [0.2, 0.25) is 0 Å². The zero-order valence-electron chi connectivity index (χ0n) is 11.1. The fourth-order valence-corrected chi connectivity index (χ4v) is 2.95. The average Bonchev–Trinajstić information content (AvgIpc) is 2.42. The fraction of sp³-hybridized carbons (Fsp3) is 0.571. The highest BCUT2D eigenvalue weighted by Gasteiger charge is 2.24. The number of aliphatic hydroxyl groups excluding tert-OH is 1. The van der Waals surface area contributed by atoms with Crippen LogP contribution in [0.1, 0.15) is 43.0 Å². The van der Waals surface area contributed by atoms with Crippen molar-refractivity contribution in [2.24, 2.45) is 0 Å². The van der Waals surface area contributed by atoms with Gasteiger partial charge in [0.2, 0.25) is 0 Å². The highest BCUT2D eigenvalue weighted by atomic mass is 32.2. The molecule has 0 saturated heterocycles. The topological polar surface area (TPSA) is 62.2 Å². The number of nitrogens with zero attached hydrogens (tertiary/aromatic N) is 1. The number of hydrogen-bond donors (Lipinski definition) is 2. The van der Waals surface area contributed by atoms with Crippen molar-refractivity contribution in [3.63, 3.8) is 0 Å². The minimum Gasteiger partial charge on any atom is -0.391 e. The third-order valence-electron chi connectivity index (χ3n) is 3.34. The van der Waals surface area contributed by atoms with Crippen LogP contribution in [0.15, 0.2) is 23.4 Å². The van der Waals surface area contributed by atoms with E-state index >= 15 is 0 Å². The fourth-order valence-electron chi connectivity index (χ4n) is 2.31. The number of aliphatic hydroxyl groups is 1. The van der Waals surface area contributed by atoms with Crippen LogP contribution in [-0.2, 0) is 0 Å². The molecule has 0 bridgehead atoms. The summed E-state index contributed by atoms with van der Waals surface area (Å²) in [5.74, 6) is 0.811. The Labute approximate surface area is 118 Å². The highest BCUT2D eigenvalue weighted by molar-refractivity contribution is 7.99. The molecule has 1 fully saturated rings. The predicted molar refractivity (Wildman–Crippen MR) is 76.4 cm³/mol. The summed E-state index contributed by atoms with van der Waals surface area (Å²) in [6.07, 6.45) is 4.98. The molecule has 1 heterocycles. The molecule has 19 heavy (non-hydrogen) atoms. The Hall–Kier alpha value is -1.07. The highest BCUT2D eigenvalue weighted by Crippen LogP contribution is 2.19. The van der Waals surface area contributed by atoms with Gasteiger partial charge in [-0.2, -0.15) is 0 Å². The van der Waals surface area contributed by atoms with Gasteiger partial charge in [0, 0.05) is 11.8 Å². The predicted octanol–water partition coefficient (Wildman–Crippen LogP) is 2.23. The smallest absolute Gasteiger partial charge is 0.251 e. The Morgan fingerprint density at radius 1 is 1.53 bits per heavy atom. The largest absolute Gasteiger partial charge is 0.391 e. The normalized spacial score (nSPS) is 23.1. The van der Waals surface area contributed by atoms with Crippen molar-refractivity contribution in [3.8, 4) is 0 Å². The zero-order valence-corrected chi connectivity index (χ0v) is 11.9. The Morgan fingerprint density at radius 2 is 2.32 bits per heavy atom.